The molecule has 76 valence electrons. The third kappa shape index (κ3) is 3.60. The van der Waals surface area contributed by atoms with E-state index in [1.54, 1.807) is 0 Å². The Morgan fingerprint density at radius 2 is 1.93 bits per heavy atom. The highest BCUT2D eigenvalue weighted by Crippen LogP contribution is 2.01. The van der Waals surface area contributed by atoms with Gasteiger partial charge in [0.05, 0.1) is 12.5 Å². The van der Waals surface area contributed by atoms with Gasteiger partial charge in [-0.05, 0) is 5.56 Å². The summed E-state index contributed by atoms with van der Waals surface area (Å²) in [7, 11) is 0. The molecule has 0 aliphatic rings. The van der Waals surface area contributed by atoms with E-state index < -0.39 is 0 Å². The summed E-state index contributed by atoms with van der Waals surface area (Å²) in [6, 6.07) is 10.0. The summed E-state index contributed by atoms with van der Waals surface area (Å²) in [6.07, 6.45) is 0.791. The number of rotatable bonds is 4. The first kappa shape index (κ1) is 10.8. The minimum atomic E-state index is -0.124. The summed E-state index contributed by atoms with van der Waals surface area (Å²) in [4.78, 5) is 11.1. The molecule has 1 aromatic rings. The molecule has 0 amide bonds. The number of hydrogen-bond acceptors (Lipinski definition) is 2. The molecule has 0 N–H and O–H groups in total. The van der Waals surface area contributed by atoms with Crippen LogP contribution in [0.2, 0.25) is 0 Å². The molecule has 0 spiro atoms. The monoisotopic (exact) mass is 192 g/mol. The Morgan fingerprint density at radius 3 is 2.50 bits per heavy atom. The summed E-state index contributed by atoms with van der Waals surface area (Å²) < 4.78 is 5.07. The molecule has 0 bridgehead atoms. The number of ether oxygens (including phenoxy) is 1. The molecule has 0 radical (unpaired) electrons. The third-order valence-corrected chi connectivity index (χ3v) is 1.95. The number of carbonyl (C=O) groups excluding carboxylic acids is 1. The standard InChI is InChI=1S/C12H16O2/c1-10(2)12(13)14-9-8-11-6-4-3-5-7-11/h3-7,10H,8-9H2,1-2H3. The van der Waals surface area contributed by atoms with E-state index in [4.69, 9.17) is 4.74 Å². The predicted octanol–water partition coefficient (Wildman–Crippen LogP) is 2.43. The predicted molar refractivity (Wildman–Crippen MR) is 55.9 cm³/mol. The van der Waals surface area contributed by atoms with Gasteiger partial charge in [-0.2, -0.15) is 0 Å². The first-order chi connectivity index (χ1) is 6.70. The van der Waals surface area contributed by atoms with Gasteiger partial charge in [0.25, 0.3) is 0 Å². The van der Waals surface area contributed by atoms with E-state index in [1.807, 2.05) is 44.2 Å². The minimum Gasteiger partial charge on any atom is -0.465 e. The molecule has 0 aliphatic heterocycles. The van der Waals surface area contributed by atoms with Crippen LogP contribution < -0.4 is 0 Å². The Labute approximate surface area is 84.9 Å². The maximum absolute atomic E-state index is 11.1. The highest BCUT2D eigenvalue weighted by atomic mass is 16.5. The Bertz CT molecular complexity index is 278. The fourth-order valence-electron chi connectivity index (χ4n) is 1.08. The van der Waals surface area contributed by atoms with Gasteiger partial charge in [0.1, 0.15) is 0 Å². The second-order valence-electron chi connectivity index (χ2n) is 3.56. The zero-order valence-corrected chi connectivity index (χ0v) is 8.69. The SMILES string of the molecule is CC(C)C(=O)OCCc1ccccc1. The maximum atomic E-state index is 11.1. The van der Waals surface area contributed by atoms with Crippen molar-refractivity contribution >= 4 is 5.97 Å². The second kappa shape index (κ2) is 5.43. The molecular weight excluding hydrogens is 176 g/mol. The highest BCUT2D eigenvalue weighted by molar-refractivity contribution is 5.71. The van der Waals surface area contributed by atoms with Crippen LogP contribution in [0.3, 0.4) is 0 Å². The third-order valence-electron chi connectivity index (χ3n) is 1.95. The fourth-order valence-corrected chi connectivity index (χ4v) is 1.08. The first-order valence-electron chi connectivity index (χ1n) is 4.90. The molecule has 1 rings (SSSR count). The number of esters is 1. The Balaban J connectivity index is 2.26. The van der Waals surface area contributed by atoms with Crippen molar-refractivity contribution in [3.63, 3.8) is 0 Å². The molecule has 2 heteroatoms. The van der Waals surface area contributed by atoms with E-state index in [0.29, 0.717) is 6.61 Å². The number of carbonyl (C=O) groups is 1. The molecule has 0 fully saturated rings. The Hall–Kier alpha value is -1.31. The molecule has 0 aromatic heterocycles. The van der Waals surface area contributed by atoms with Crippen LogP contribution in [-0.2, 0) is 16.0 Å². The van der Waals surface area contributed by atoms with Gasteiger partial charge in [0, 0.05) is 6.42 Å². The van der Waals surface area contributed by atoms with Crippen LogP contribution in [0.4, 0.5) is 0 Å². The van der Waals surface area contributed by atoms with E-state index >= 15 is 0 Å². The van der Waals surface area contributed by atoms with Gasteiger partial charge in [0.2, 0.25) is 0 Å². The van der Waals surface area contributed by atoms with Crippen LogP contribution in [0.1, 0.15) is 19.4 Å². The van der Waals surface area contributed by atoms with Gasteiger partial charge in [-0.1, -0.05) is 44.2 Å². The van der Waals surface area contributed by atoms with Crippen molar-refractivity contribution < 1.29 is 9.53 Å². The van der Waals surface area contributed by atoms with Crippen molar-refractivity contribution in [2.45, 2.75) is 20.3 Å². The quantitative estimate of drug-likeness (QED) is 0.685. The van der Waals surface area contributed by atoms with Crippen LogP contribution in [0.5, 0.6) is 0 Å². The lowest BCUT2D eigenvalue weighted by atomic mass is 10.2. The van der Waals surface area contributed by atoms with Gasteiger partial charge in [-0.3, -0.25) is 4.79 Å². The van der Waals surface area contributed by atoms with Crippen molar-refractivity contribution in [3.05, 3.63) is 35.9 Å². The summed E-state index contributed by atoms with van der Waals surface area (Å²) >= 11 is 0. The van der Waals surface area contributed by atoms with Crippen LogP contribution in [0, 0.1) is 5.92 Å². The van der Waals surface area contributed by atoms with Crippen molar-refractivity contribution in [2.24, 2.45) is 5.92 Å². The molecule has 0 aliphatic carbocycles. The summed E-state index contributed by atoms with van der Waals surface area (Å²) in [6.45, 7) is 4.15. The first-order valence-corrected chi connectivity index (χ1v) is 4.90. The molecule has 0 atom stereocenters. The lowest BCUT2D eigenvalue weighted by Crippen LogP contribution is -2.13. The topological polar surface area (TPSA) is 26.3 Å². The lowest BCUT2D eigenvalue weighted by molar-refractivity contribution is -0.147. The van der Waals surface area contributed by atoms with Gasteiger partial charge in [-0.25, -0.2) is 0 Å². The average Bonchev–Trinajstić information content (AvgIpc) is 2.19. The Morgan fingerprint density at radius 1 is 1.29 bits per heavy atom. The molecule has 14 heavy (non-hydrogen) atoms. The molecule has 0 saturated carbocycles. The molecule has 2 nitrogen and oxygen atoms in total. The summed E-state index contributed by atoms with van der Waals surface area (Å²) in [5.74, 6) is -0.160. The molecule has 1 aromatic carbocycles. The zero-order chi connectivity index (χ0) is 10.4. The second-order valence-corrected chi connectivity index (χ2v) is 3.56. The van der Waals surface area contributed by atoms with Crippen LogP contribution >= 0.6 is 0 Å². The number of hydrogen-bond donors (Lipinski definition) is 0. The van der Waals surface area contributed by atoms with Crippen molar-refractivity contribution in [1.29, 1.82) is 0 Å². The van der Waals surface area contributed by atoms with Crippen molar-refractivity contribution in [1.82, 2.24) is 0 Å². The van der Waals surface area contributed by atoms with Crippen LogP contribution in [0.25, 0.3) is 0 Å². The molecule has 0 saturated heterocycles. The lowest BCUT2D eigenvalue weighted by Gasteiger charge is -2.06. The largest absolute Gasteiger partial charge is 0.465 e. The molecule has 0 unspecified atom stereocenters. The smallest absolute Gasteiger partial charge is 0.308 e. The van der Waals surface area contributed by atoms with E-state index in [1.165, 1.54) is 5.56 Å². The van der Waals surface area contributed by atoms with Gasteiger partial charge < -0.3 is 4.74 Å². The number of benzene rings is 1. The van der Waals surface area contributed by atoms with E-state index in [9.17, 15) is 4.79 Å². The van der Waals surface area contributed by atoms with Gasteiger partial charge >= 0.3 is 5.97 Å². The summed E-state index contributed by atoms with van der Waals surface area (Å²) in [5.41, 5.74) is 1.20. The van der Waals surface area contributed by atoms with Crippen molar-refractivity contribution in [2.75, 3.05) is 6.61 Å². The van der Waals surface area contributed by atoms with Crippen molar-refractivity contribution in [3.8, 4) is 0 Å². The minimum absolute atomic E-state index is 0.0363. The fraction of sp³-hybridized carbons (Fsp3) is 0.417. The highest BCUT2D eigenvalue weighted by Gasteiger charge is 2.07. The zero-order valence-electron chi connectivity index (χ0n) is 8.69. The maximum Gasteiger partial charge on any atom is 0.308 e. The van der Waals surface area contributed by atoms with Gasteiger partial charge in [0.15, 0.2) is 0 Å². The van der Waals surface area contributed by atoms with Crippen LogP contribution in [-0.4, -0.2) is 12.6 Å². The molecule has 0 heterocycles. The normalized spacial score (nSPS) is 10.2. The average molecular weight is 192 g/mol. The molecular formula is C12H16O2. The van der Waals surface area contributed by atoms with Gasteiger partial charge in [-0.15, -0.1) is 0 Å². The van der Waals surface area contributed by atoms with E-state index in [2.05, 4.69) is 0 Å². The summed E-state index contributed by atoms with van der Waals surface area (Å²) in [5, 5.41) is 0. The van der Waals surface area contributed by atoms with E-state index in [-0.39, 0.29) is 11.9 Å². The van der Waals surface area contributed by atoms with E-state index in [0.717, 1.165) is 6.42 Å². The Kier molecular flexibility index (Phi) is 4.17. The van der Waals surface area contributed by atoms with Crippen LogP contribution in [0.15, 0.2) is 30.3 Å².